The van der Waals surface area contributed by atoms with Gasteiger partial charge in [0.05, 0.1) is 23.0 Å². The van der Waals surface area contributed by atoms with Gasteiger partial charge in [-0.25, -0.2) is 4.68 Å². The van der Waals surface area contributed by atoms with Crippen LogP contribution in [0.2, 0.25) is 0 Å². The largest absolute Gasteiger partial charge is 0.433 e. The number of carbonyl (C=O) groups is 1. The fourth-order valence-electron chi connectivity index (χ4n) is 3.66. The summed E-state index contributed by atoms with van der Waals surface area (Å²) < 4.78 is 79.3. The second kappa shape index (κ2) is 7.64. The summed E-state index contributed by atoms with van der Waals surface area (Å²) in [6.07, 6.45) is -5.70. The molecule has 168 valence electrons. The molecule has 1 amide bonds. The van der Waals surface area contributed by atoms with Crippen molar-refractivity contribution >= 4 is 5.91 Å². The quantitative estimate of drug-likeness (QED) is 0.565. The van der Waals surface area contributed by atoms with Crippen molar-refractivity contribution in [3.8, 4) is 5.69 Å². The van der Waals surface area contributed by atoms with Gasteiger partial charge in [0, 0.05) is 23.5 Å². The smallest absolute Gasteiger partial charge is 0.345 e. The summed E-state index contributed by atoms with van der Waals surface area (Å²) in [6.45, 7) is 1.47. The minimum absolute atomic E-state index is 0.123. The molecule has 1 N–H and O–H groups in total. The van der Waals surface area contributed by atoms with Crippen LogP contribution in [0.5, 0.6) is 0 Å². The Hall–Kier alpha value is -3.37. The van der Waals surface area contributed by atoms with Gasteiger partial charge in [-0.05, 0) is 55.7 Å². The molecular weight excluding hydrogens is 438 g/mol. The van der Waals surface area contributed by atoms with E-state index >= 15 is 0 Å². The number of nitrogens with zero attached hydrogens (tertiary/aromatic N) is 3. The van der Waals surface area contributed by atoms with Crippen LogP contribution in [0.25, 0.3) is 5.69 Å². The normalized spacial score (nSPS) is 16.2. The minimum Gasteiger partial charge on any atom is -0.345 e. The van der Waals surface area contributed by atoms with Crippen LogP contribution in [0.15, 0.2) is 42.7 Å². The molecule has 3 aromatic rings. The summed E-state index contributed by atoms with van der Waals surface area (Å²) in [4.78, 5) is 16.0. The molecule has 32 heavy (non-hydrogen) atoms. The van der Waals surface area contributed by atoms with Gasteiger partial charge in [0.2, 0.25) is 0 Å². The SMILES string of the molecule is Cc1cc(C(=O)NC2CCc3nn(-c4ccnc(C(F)(F)F)c4)cc32)cc(C(F)(F)F)c1. The molecule has 0 spiro atoms. The van der Waals surface area contributed by atoms with E-state index in [1.165, 1.54) is 29.9 Å². The summed E-state index contributed by atoms with van der Waals surface area (Å²) in [5, 5.41) is 7.00. The lowest BCUT2D eigenvalue weighted by atomic mass is 10.0. The number of nitrogens with one attached hydrogen (secondary N) is 1. The summed E-state index contributed by atoms with van der Waals surface area (Å²) in [5.74, 6) is -0.673. The number of aromatic nitrogens is 3. The summed E-state index contributed by atoms with van der Waals surface area (Å²) >= 11 is 0. The fraction of sp³-hybridized carbons (Fsp3) is 0.286. The third-order valence-corrected chi connectivity index (χ3v) is 5.14. The first-order valence-corrected chi connectivity index (χ1v) is 9.53. The third kappa shape index (κ3) is 4.32. The van der Waals surface area contributed by atoms with E-state index in [1.54, 1.807) is 0 Å². The molecule has 0 fully saturated rings. The molecule has 1 unspecified atom stereocenters. The van der Waals surface area contributed by atoms with E-state index < -0.39 is 35.6 Å². The van der Waals surface area contributed by atoms with Crippen molar-refractivity contribution in [3.05, 3.63) is 76.4 Å². The monoisotopic (exact) mass is 454 g/mol. The van der Waals surface area contributed by atoms with E-state index in [-0.39, 0.29) is 11.3 Å². The van der Waals surface area contributed by atoms with Crippen LogP contribution in [-0.4, -0.2) is 20.7 Å². The summed E-state index contributed by atoms with van der Waals surface area (Å²) in [7, 11) is 0. The molecule has 0 saturated heterocycles. The Balaban J connectivity index is 1.57. The van der Waals surface area contributed by atoms with Gasteiger partial charge in [-0.15, -0.1) is 0 Å². The lowest BCUT2D eigenvalue weighted by Gasteiger charge is -2.15. The van der Waals surface area contributed by atoms with E-state index in [1.807, 2.05) is 0 Å². The number of alkyl halides is 6. The van der Waals surface area contributed by atoms with Gasteiger partial charge >= 0.3 is 12.4 Å². The number of rotatable bonds is 3. The standard InChI is InChI=1S/C21H16F6N4O/c1-11-6-12(8-13(7-11)20(22,23)24)19(32)29-16-2-3-17-15(16)10-31(30-17)14-4-5-28-18(9-14)21(25,26)27/h4-10,16H,2-3H2,1H3,(H,29,32). The first kappa shape index (κ1) is 21.8. The Morgan fingerprint density at radius 1 is 1.09 bits per heavy atom. The first-order chi connectivity index (χ1) is 14.9. The second-order valence-corrected chi connectivity index (χ2v) is 7.52. The molecule has 1 aromatic carbocycles. The van der Waals surface area contributed by atoms with E-state index in [2.05, 4.69) is 15.4 Å². The Bertz CT molecular complexity index is 1180. The van der Waals surface area contributed by atoms with E-state index in [0.717, 1.165) is 24.4 Å². The highest BCUT2D eigenvalue weighted by molar-refractivity contribution is 5.95. The maximum atomic E-state index is 13.1. The number of hydrogen-bond donors (Lipinski definition) is 1. The topological polar surface area (TPSA) is 59.8 Å². The molecule has 0 radical (unpaired) electrons. The average Bonchev–Trinajstić information content (AvgIpc) is 3.28. The number of fused-ring (bicyclic) bond motifs is 1. The highest BCUT2D eigenvalue weighted by atomic mass is 19.4. The molecule has 5 nitrogen and oxygen atoms in total. The number of aryl methyl sites for hydroxylation is 2. The van der Waals surface area contributed by atoms with E-state index in [9.17, 15) is 31.1 Å². The minimum atomic E-state index is -4.61. The van der Waals surface area contributed by atoms with Gasteiger partial charge < -0.3 is 5.32 Å². The van der Waals surface area contributed by atoms with Crippen molar-refractivity contribution in [2.45, 2.75) is 38.2 Å². The summed E-state index contributed by atoms with van der Waals surface area (Å²) in [5.41, 5.74) is -0.449. The third-order valence-electron chi connectivity index (χ3n) is 5.14. The number of halogens is 6. The van der Waals surface area contributed by atoms with Crippen LogP contribution in [0.1, 0.15) is 50.9 Å². The predicted molar refractivity (Wildman–Crippen MR) is 101 cm³/mol. The van der Waals surface area contributed by atoms with Crippen molar-refractivity contribution in [3.63, 3.8) is 0 Å². The number of benzene rings is 1. The van der Waals surface area contributed by atoms with Gasteiger partial charge in [0.1, 0.15) is 5.69 Å². The Kier molecular flexibility index (Phi) is 5.22. The molecular formula is C21H16F6N4O. The Morgan fingerprint density at radius 2 is 1.84 bits per heavy atom. The molecule has 11 heteroatoms. The van der Waals surface area contributed by atoms with Crippen LogP contribution in [0.3, 0.4) is 0 Å². The molecule has 1 aliphatic carbocycles. The highest BCUT2D eigenvalue weighted by Gasteiger charge is 2.34. The molecule has 2 heterocycles. The van der Waals surface area contributed by atoms with E-state index in [0.29, 0.717) is 29.7 Å². The van der Waals surface area contributed by atoms with Crippen molar-refractivity contribution in [1.29, 1.82) is 0 Å². The zero-order chi connectivity index (χ0) is 23.3. The predicted octanol–water partition coefficient (Wildman–Crippen LogP) is 5.03. The Labute approximate surface area is 178 Å². The molecule has 4 rings (SSSR count). The molecule has 1 aliphatic rings. The fourth-order valence-corrected chi connectivity index (χ4v) is 3.66. The zero-order valence-electron chi connectivity index (χ0n) is 16.6. The number of hydrogen-bond acceptors (Lipinski definition) is 3. The average molecular weight is 454 g/mol. The maximum absolute atomic E-state index is 13.1. The van der Waals surface area contributed by atoms with Crippen molar-refractivity contribution in [1.82, 2.24) is 20.1 Å². The number of pyridine rings is 1. The van der Waals surface area contributed by atoms with Crippen LogP contribution in [-0.2, 0) is 18.8 Å². The van der Waals surface area contributed by atoms with Gasteiger partial charge in [-0.2, -0.15) is 31.4 Å². The maximum Gasteiger partial charge on any atom is 0.433 e. The van der Waals surface area contributed by atoms with Crippen LogP contribution in [0.4, 0.5) is 26.3 Å². The highest BCUT2D eigenvalue weighted by Crippen LogP contribution is 2.34. The molecule has 0 saturated carbocycles. The number of carbonyl (C=O) groups excluding carboxylic acids is 1. The van der Waals surface area contributed by atoms with Crippen LogP contribution >= 0.6 is 0 Å². The second-order valence-electron chi connectivity index (χ2n) is 7.52. The van der Waals surface area contributed by atoms with Gasteiger partial charge in [0.15, 0.2) is 0 Å². The molecule has 0 bridgehead atoms. The van der Waals surface area contributed by atoms with Crippen molar-refractivity contribution in [2.75, 3.05) is 0 Å². The molecule has 0 aliphatic heterocycles. The van der Waals surface area contributed by atoms with Crippen LogP contribution in [0, 0.1) is 6.92 Å². The van der Waals surface area contributed by atoms with Crippen molar-refractivity contribution < 1.29 is 31.1 Å². The van der Waals surface area contributed by atoms with Gasteiger partial charge in [-0.3, -0.25) is 9.78 Å². The lowest BCUT2D eigenvalue weighted by Crippen LogP contribution is -2.27. The lowest BCUT2D eigenvalue weighted by molar-refractivity contribution is -0.141. The number of amides is 1. The summed E-state index contributed by atoms with van der Waals surface area (Å²) in [6, 6.07) is 4.82. The molecule has 1 atom stereocenters. The van der Waals surface area contributed by atoms with Crippen LogP contribution < -0.4 is 5.32 Å². The Morgan fingerprint density at radius 3 is 2.53 bits per heavy atom. The van der Waals surface area contributed by atoms with Gasteiger partial charge in [0.25, 0.3) is 5.91 Å². The van der Waals surface area contributed by atoms with E-state index in [4.69, 9.17) is 0 Å². The van der Waals surface area contributed by atoms with Crippen molar-refractivity contribution in [2.24, 2.45) is 0 Å². The van der Waals surface area contributed by atoms with Gasteiger partial charge in [-0.1, -0.05) is 0 Å². The zero-order valence-corrected chi connectivity index (χ0v) is 16.6. The molecule has 2 aromatic heterocycles. The first-order valence-electron chi connectivity index (χ1n) is 9.53.